The van der Waals surface area contributed by atoms with Gasteiger partial charge in [-0.1, -0.05) is 0 Å². The zero-order valence-electron chi connectivity index (χ0n) is 14.1. The van der Waals surface area contributed by atoms with Crippen molar-refractivity contribution in [2.75, 3.05) is 11.9 Å². The highest BCUT2D eigenvalue weighted by atomic mass is 16.5. The van der Waals surface area contributed by atoms with E-state index in [2.05, 4.69) is 10.3 Å². The summed E-state index contributed by atoms with van der Waals surface area (Å²) in [4.78, 5) is 37.9. The largest absolute Gasteiger partial charge is 0.485 e. The first-order valence-electron chi connectivity index (χ1n) is 7.53. The van der Waals surface area contributed by atoms with Gasteiger partial charge in [-0.05, 0) is 50.6 Å². The molecule has 0 aliphatic heterocycles. The van der Waals surface area contributed by atoms with Gasteiger partial charge in [0.25, 0.3) is 0 Å². The zero-order chi connectivity index (χ0) is 17.9. The third kappa shape index (κ3) is 3.90. The summed E-state index contributed by atoms with van der Waals surface area (Å²) in [5.74, 6) is 0.0618. The molecule has 0 radical (unpaired) electrons. The van der Waals surface area contributed by atoms with Crippen molar-refractivity contribution in [1.29, 1.82) is 0 Å². The van der Waals surface area contributed by atoms with Crippen molar-refractivity contribution in [3.05, 3.63) is 46.8 Å². The van der Waals surface area contributed by atoms with Crippen molar-refractivity contribution in [3.8, 4) is 5.75 Å². The second kappa shape index (κ2) is 7.12. The number of Topliss-reactive ketones (excluding diaryl/α,β-unsaturated/α-hetero) is 2. The van der Waals surface area contributed by atoms with Gasteiger partial charge in [-0.2, -0.15) is 0 Å². The van der Waals surface area contributed by atoms with E-state index in [9.17, 15) is 14.4 Å². The smallest absolute Gasteiger partial charge is 0.221 e. The quantitative estimate of drug-likeness (QED) is 0.798. The molecule has 0 atom stereocenters. The molecule has 2 N–H and O–H groups in total. The van der Waals surface area contributed by atoms with E-state index in [4.69, 9.17) is 4.74 Å². The summed E-state index contributed by atoms with van der Waals surface area (Å²) in [6, 6.07) is 6.73. The van der Waals surface area contributed by atoms with Crippen LogP contribution in [0.3, 0.4) is 0 Å². The molecule has 1 aromatic carbocycles. The van der Waals surface area contributed by atoms with Gasteiger partial charge in [0.1, 0.15) is 5.75 Å². The lowest BCUT2D eigenvalue weighted by atomic mass is 10.1. The molecule has 0 unspecified atom stereocenters. The maximum atomic E-state index is 12.3. The fourth-order valence-electron chi connectivity index (χ4n) is 2.62. The Hall–Kier alpha value is -2.89. The monoisotopic (exact) mass is 328 g/mol. The van der Waals surface area contributed by atoms with Gasteiger partial charge in [-0.15, -0.1) is 0 Å². The Morgan fingerprint density at radius 3 is 2.21 bits per heavy atom. The molecular weight excluding hydrogens is 308 g/mol. The molecule has 24 heavy (non-hydrogen) atoms. The number of carbonyl (C=O) groups excluding carboxylic acids is 3. The lowest BCUT2D eigenvalue weighted by Gasteiger charge is -2.07. The lowest BCUT2D eigenvalue weighted by molar-refractivity contribution is -0.114. The minimum absolute atomic E-state index is 0.0743. The van der Waals surface area contributed by atoms with E-state index < -0.39 is 0 Å². The number of aromatic amines is 1. The predicted molar refractivity (Wildman–Crippen MR) is 90.8 cm³/mol. The maximum absolute atomic E-state index is 12.3. The Labute approximate surface area is 140 Å². The summed E-state index contributed by atoms with van der Waals surface area (Å²) in [7, 11) is 0. The van der Waals surface area contributed by atoms with E-state index in [1.165, 1.54) is 13.8 Å². The van der Waals surface area contributed by atoms with Gasteiger partial charge >= 0.3 is 0 Å². The van der Waals surface area contributed by atoms with Gasteiger partial charge in [0.15, 0.2) is 12.4 Å². The van der Waals surface area contributed by atoms with Crippen LogP contribution < -0.4 is 10.1 Å². The van der Waals surface area contributed by atoms with Gasteiger partial charge in [0, 0.05) is 23.9 Å². The van der Waals surface area contributed by atoms with Gasteiger partial charge in [-0.3, -0.25) is 14.4 Å². The molecule has 2 aromatic rings. The van der Waals surface area contributed by atoms with E-state index in [1.54, 1.807) is 38.1 Å². The molecule has 0 aliphatic carbocycles. The topological polar surface area (TPSA) is 88.3 Å². The number of amides is 1. The summed E-state index contributed by atoms with van der Waals surface area (Å²) in [6.07, 6.45) is 0. The van der Waals surface area contributed by atoms with Crippen molar-refractivity contribution in [1.82, 2.24) is 4.98 Å². The van der Waals surface area contributed by atoms with Gasteiger partial charge in [-0.25, -0.2) is 0 Å². The molecule has 0 bridgehead atoms. The number of carbonyl (C=O) groups is 3. The van der Waals surface area contributed by atoms with Gasteiger partial charge in [0.2, 0.25) is 11.7 Å². The summed E-state index contributed by atoms with van der Waals surface area (Å²) in [6.45, 7) is 6.28. The summed E-state index contributed by atoms with van der Waals surface area (Å²) in [5, 5.41) is 2.65. The molecule has 0 spiro atoms. The highest BCUT2D eigenvalue weighted by Crippen LogP contribution is 2.20. The standard InChI is InChI=1S/C18H20N2O4/c1-10-17(12(3)21)11(2)19-18(10)16(23)9-24-15-7-5-14(6-8-15)20-13(4)22/h5-8,19H,9H2,1-4H3,(H,20,22). The Morgan fingerprint density at radius 2 is 1.71 bits per heavy atom. The van der Waals surface area contributed by atoms with Crippen LogP contribution in [0.1, 0.15) is 46.0 Å². The molecule has 0 aliphatic rings. The first-order valence-corrected chi connectivity index (χ1v) is 7.53. The number of hydrogen-bond donors (Lipinski definition) is 2. The number of nitrogens with one attached hydrogen (secondary N) is 2. The second-order valence-corrected chi connectivity index (χ2v) is 5.60. The number of anilines is 1. The zero-order valence-corrected chi connectivity index (χ0v) is 14.1. The summed E-state index contributed by atoms with van der Waals surface area (Å²) >= 11 is 0. The number of benzene rings is 1. The molecule has 1 aromatic heterocycles. The van der Waals surface area contributed by atoms with Gasteiger partial charge < -0.3 is 15.0 Å². The Balaban J connectivity index is 2.04. The SMILES string of the molecule is CC(=O)Nc1ccc(OCC(=O)c2[nH]c(C)c(C(C)=O)c2C)cc1. The normalized spacial score (nSPS) is 10.3. The number of hydrogen-bond acceptors (Lipinski definition) is 4. The number of rotatable bonds is 6. The van der Waals surface area contributed by atoms with Crippen LogP contribution in [0.15, 0.2) is 24.3 Å². The van der Waals surface area contributed by atoms with Crippen LogP contribution >= 0.6 is 0 Å². The molecule has 2 rings (SSSR count). The highest BCUT2D eigenvalue weighted by molar-refractivity contribution is 6.03. The molecule has 0 saturated heterocycles. The van der Waals surface area contributed by atoms with Crippen LogP contribution in [0, 0.1) is 13.8 Å². The average Bonchev–Trinajstić information content (AvgIpc) is 2.80. The molecule has 6 heteroatoms. The van der Waals surface area contributed by atoms with Crippen molar-refractivity contribution in [3.63, 3.8) is 0 Å². The van der Waals surface area contributed by atoms with Crippen LogP contribution in [0.2, 0.25) is 0 Å². The third-order valence-electron chi connectivity index (χ3n) is 3.61. The fourth-order valence-corrected chi connectivity index (χ4v) is 2.62. The minimum Gasteiger partial charge on any atom is -0.485 e. The minimum atomic E-state index is -0.228. The van der Waals surface area contributed by atoms with E-state index in [-0.39, 0.29) is 24.1 Å². The van der Waals surface area contributed by atoms with Crippen molar-refractivity contribution < 1.29 is 19.1 Å². The molecule has 126 valence electrons. The first kappa shape index (κ1) is 17.5. The number of H-pyrrole nitrogens is 1. The Kier molecular flexibility index (Phi) is 5.18. The molecule has 0 saturated carbocycles. The molecule has 1 amide bonds. The van der Waals surface area contributed by atoms with E-state index >= 15 is 0 Å². The Bertz CT molecular complexity index is 788. The molecule has 1 heterocycles. The molecule has 0 fully saturated rings. The average molecular weight is 328 g/mol. The number of aryl methyl sites for hydroxylation is 1. The van der Waals surface area contributed by atoms with Crippen LogP contribution in [0.25, 0.3) is 0 Å². The van der Waals surface area contributed by atoms with E-state index in [0.717, 1.165) is 0 Å². The van der Waals surface area contributed by atoms with E-state index in [0.29, 0.717) is 34.0 Å². The summed E-state index contributed by atoms with van der Waals surface area (Å²) in [5.41, 5.74) is 2.94. The van der Waals surface area contributed by atoms with Gasteiger partial charge in [0.05, 0.1) is 5.69 Å². The van der Waals surface area contributed by atoms with Crippen LogP contribution in [-0.2, 0) is 4.79 Å². The number of ketones is 2. The van der Waals surface area contributed by atoms with Crippen molar-refractivity contribution in [2.24, 2.45) is 0 Å². The first-order chi connectivity index (χ1) is 11.3. The molecule has 6 nitrogen and oxygen atoms in total. The molecular formula is C18H20N2O4. The van der Waals surface area contributed by atoms with Crippen molar-refractivity contribution >= 4 is 23.2 Å². The Morgan fingerprint density at radius 1 is 1.08 bits per heavy atom. The van der Waals surface area contributed by atoms with Crippen LogP contribution in [0.5, 0.6) is 5.75 Å². The maximum Gasteiger partial charge on any atom is 0.221 e. The van der Waals surface area contributed by atoms with Crippen LogP contribution in [0.4, 0.5) is 5.69 Å². The number of aromatic nitrogens is 1. The third-order valence-corrected chi connectivity index (χ3v) is 3.61. The number of ether oxygens (including phenoxy) is 1. The lowest BCUT2D eigenvalue weighted by Crippen LogP contribution is -2.13. The predicted octanol–water partition coefficient (Wildman–Crippen LogP) is 3.05. The van der Waals surface area contributed by atoms with E-state index in [1.807, 2.05) is 0 Å². The fraction of sp³-hybridized carbons (Fsp3) is 0.278. The highest BCUT2D eigenvalue weighted by Gasteiger charge is 2.20. The second-order valence-electron chi connectivity index (χ2n) is 5.60. The van der Waals surface area contributed by atoms with Crippen molar-refractivity contribution in [2.45, 2.75) is 27.7 Å². The summed E-state index contributed by atoms with van der Waals surface area (Å²) < 4.78 is 5.48. The van der Waals surface area contributed by atoms with Crippen LogP contribution in [-0.4, -0.2) is 29.1 Å².